The van der Waals surface area contributed by atoms with E-state index >= 15 is 0 Å². The molecule has 2 nitrogen and oxygen atoms in total. The second kappa shape index (κ2) is 9.25. The van der Waals surface area contributed by atoms with Gasteiger partial charge in [0.15, 0.2) is 5.78 Å². The van der Waals surface area contributed by atoms with Crippen LogP contribution in [0.1, 0.15) is 38.3 Å². The van der Waals surface area contributed by atoms with Crippen LogP contribution < -0.4 is 0 Å². The number of para-hydroxylation sites is 1. The van der Waals surface area contributed by atoms with Crippen LogP contribution in [0.3, 0.4) is 0 Å². The molecule has 1 aromatic heterocycles. The molecule has 0 saturated heterocycles. The summed E-state index contributed by atoms with van der Waals surface area (Å²) in [6.45, 7) is 1.78. The van der Waals surface area contributed by atoms with Crippen LogP contribution in [0.5, 0.6) is 0 Å². The summed E-state index contributed by atoms with van der Waals surface area (Å²) >= 11 is 0. The van der Waals surface area contributed by atoms with Crippen molar-refractivity contribution in [1.29, 1.82) is 0 Å². The fourth-order valence-corrected chi connectivity index (χ4v) is 3.63. The molecule has 33 heavy (non-hydrogen) atoms. The highest BCUT2D eigenvalue weighted by molar-refractivity contribution is 6.13. The predicted octanol–water partition coefficient (Wildman–Crippen LogP) is 7.63. The number of allylic oxidation sites excluding steroid dienone is 1. The number of aryl methyl sites for hydroxylation is 1. The number of hydrogen-bond donors (Lipinski definition) is 0. The Morgan fingerprint density at radius 3 is 2.12 bits per heavy atom. The lowest BCUT2D eigenvalue weighted by Gasteiger charge is -2.11. The van der Waals surface area contributed by atoms with Gasteiger partial charge in [-0.25, -0.2) is 0 Å². The highest BCUT2D eigenvalue weighted by Crippen LogP contribution is 2.30. The molecule has 0 aliphatic rings. The summed E-state index contributed by atoms with van der Waals surface area (Å²) in [5.74, 6) is -0.265. The van der Waals surface area contributed by atoms with E-state index in [1.807, 2.05) is 66.7 Å². The highest BCUT2D eigenvalue weighted by Gasteiger charge is 2.29. The van der Waals surface area contributed by atoms with Gasteiger partial charge in [-0.15, -0.1) is 0 Å². The van der Waals surface area contributed by atoms with Crippen molar-refractivity contribution >= 4 is 34.9 Å². The lowest BCUT2D eigenvalue weighted by Crippen LogP contribution is -2.05. The number of nitrogens with zero attached hydrogens (tertiary/aromatic N) is 1. The molecule has 4 rings (SSSR count). The third-order valence-electron chi connectivity index (χ3n) is 5.27. The van der Waals surface area contributed by atoms with Crippen LogP contribution in [0.4, 0.5) is 13.2 Å². The SMILES string of the molecule is Cc1nc2ccccc2c(/C=C/c2ccccc2)c1C(=O)/C=C/c1ccc(C(F)(F)F)cc1. The summed E-state index contributed by atoms with van der Waals surface area (Å²) in [6.07, 6.45) is 2.35. The molecular weight excluding hydrogens is 423 g/mol. The molecule has 0 atom stereocenters. The van der Waals surface area contributed by atoms with E-state index in [1.165, 1.54) is 24.3 Å². The number of halogens is 3. The van der Waals surface area contributed by atoms with E-state index in [-0.39, 0.29) is 5.78 Å². The van der Waals surface area contributed by atoms with Gasteiger partial charge in [0.25, 0.3) is 0 Å². The van der Waals surface area contributed by atoms with E-state index in [4.69, 9.17) is 0 Å². The van der Waals surface area contributed by atoms with E-state index in [2.05, 4.69) is 4.98 Å². The number of ketones is 1. The number of carbonyl (C=O) groups excluding carboxylic acids is 1. The van der Waals surface area contributed by atoms with Crippen LogP contribution in [0, 0.1) is 6.92 Å². The van der Waals surface area contributed by atoms with Crippen molar-refractivity contribution in [2.45, 2.75) is 13.1 Å². The quantitative estimate of drug-likeness (QED) is 0.234. The van der Waals surface area contributed by atoms with Crippen molar-refractivity contribution in [3.8, 4) is 0 Å². The lowest BCUT2D eigenvalue weighted by atomic mass is 9.96. The molecule has 0 fully saturated rings. The van der Waals surface area contributed by atoms with Crippen molar-refractivity contribution < 1.29 is 18.0 Å². The normalized spacial score (nSPS) is 12.1. The molecule has 0 N–H and O–H groups in total. The summed E-state index contributed by atoms with van der Waals surface area (Å²) in [5, 5.41) is 0.849. The number of aromatic nitrogens is 1. The molecule has 0 aliphatic carbocycles. The molecule has 3 aromatic carbocycles. The number of fused-ring (bicyclic) bond motifs is 1. The van der Waals surface area contributed by atoms with Crippen molar-refractivity contribution in [2.75, 3.05) is 0 Å². The fourth-order valence-electron chi connectivity index (χ4n) is 3.63. The number of carbonyl (C=O) groups is 1. The van der Waals surface area contributed by atoms with Gasteiger partial charge in [0.05, 0.1) is 16.6 Å². The number of hydrogen-bond acceptors (Lipinski definition) is 2. The maximum atomic E-state index is 13.2. The first-order valence-corrected chi connectivity index (χ1v) is 10.3. The number of rotatable bonds is 5. The van der Waals surface area contributed by atoms with E-state index < -0.39 is 11.7 Å². The van der Waals surface area contributed by atoms with Gasteiger partial charge in [0.2, 0.25) is 0 Å². The Bertz CT molecular complexity index is 1350. The van der Waals surface area contributed by atoms with Gasteiger partial charge in [-0.05, 0) is 47.9 Å². The Morgan fingerprint density at radius 2 is 1.42 bits per heavy atom. The smallest absolute Gasteiger partial charge is 0.289 e. The van der Waals surface area contributed by atoms with Crippen LogP contribution in [0.25, 0.3) is 29.1 Å². The summed E-state index contributed by atoms with van der Waals surface area (Å²) in [4.78, 5) is 17.8. The highest BCUT2D eigenvalue weighted by atomic mass is 19.4. The first-order valence-electron chi connectivity index (χ1n) is 10.3. The molecule has 0 aliphatic heterocycles. The topological polar surface area (TPSA) is 30.0 Å². The van der Waals surface area contributed by atoms with Gasteiger partial charge >= 0.3 is 6.18 Å². The first-order chi connectivity index (χ1) is 15.8. The zero-order chi connectivity index (χ0) is 23.4. The molecule has 0 spiro atoms. The first kappa shape index (κ1) is 22.2. The van der Waals surface area contributed by atoms with Gasteiger partial charge in [-0.3, -0.25) is 9.78 Å². The summed E-state index contributed by atoms with van der Waals surface area (Å²) in [5.41, 5.74) is 3.36. The van der Waals surface area contributed by atoms with E-state index in [0.29, 0.717) is 16.8 Å². The fraction of sp³-hybridized carbons (Fsp3) is 0.0714. The molecule has 164 valence electrons. The standard InChI is InChI=1S/C28H20F3NO/c1-19-27(26(33)18-14-21-11-15-22(16-12-21)28(29,30)31)24(17-13-20-7-3-2-4-8-20)23-9-5-6-10-25(23)32-19/h2-18H,1H3/b17-13+,18-14+. The molecule has 0 saturated carbocycles. The molecule has 0 amide bonds. The minimum Gasteiger partial charge on any atom is -0.289 e. The van der Waals surface area contributed by atoms with Crippen LogP contribution in [-0.2, 0) is 6.18 Å². The third-order valence-corrected chi connectivity index (χ3v) is 5.27. The molecule has 0 bridgehead atoms. The average Bonchev–Trinajstić information content (AvgIpc) is 2.81. The van der Waals surface area contributed by atoms with Gasteiger partial charge in [0.1, 0.15) is 0 Å². The molecule has 4 aromatic rings. The second-order valence-corrected chi connectivity index (χ2v) is 7.56. The van der Waals surface area contributed by atoms with Crippen molar-refractivity contribution in [3.63, 3.8) is 0 Å². The Kier molecular flexibility index (Phi) is 6.22. The van der Waals surface area contributed by atoms with Crippen LogP contribution >= 0.6 is 0 Å². The maximum absolute atomic E-state index is 13.2. The zero-order valence-corrected chi connectivity index (χ0v) is 17.8. The van der Waals surface area contributed by atoms with Gasteiger partial charge in [-0.2, -0.15) is 13.2 Å². The van der Waals surface area contributed by atoms with E-state index in [9.17, 15) is 18.0 Å². The van der Waals surface area contributed by atoms with E-state index in [0.717, 1.165) is 34.2 Å². The maximum Gasteiger partial charge on any atom is 0.416 e. The number of pyridine rings is 1. The second-order valence-electron chi connectivity index (χ2n) is 7.56. The lowest BCUT2D eigenvalue weighted by molar-refractivity contribution is -0.137. The molecular formula is C28H20F3NO. The Labute approximate surface area is 189 Å². The van der Waals surface area contributed by atoms with E-state index in [1.54, 1.807) is 6.92 Å². The minimum absolute atomic E-state index is 0.265. The largest absolute Gasteiger partial charge is 0.416 e. The average molecular weight is 443 g/mol. The van der Waals surface area contributed by atoms with Crippen molar-refractivity contribution in [2.24, 2.45) is 0 Å². The third kappa shape index (κ3) is 5.09. The minimum atomic E-state index is -4.40. The molecule has 5 heteroatoms. The van der Waals surface area contributed by atoms with Crippen LogP contribution in [0.15, 0.2) is 84.9 Å². The summed E-state index contributed by atoms with van der Waals surface area (Å²) in [7, 11) is 0. The molecule has 0 radical (unpaired) electrons. The predicted molar refractivity (Wildman–Crippen MR) is 127 cm³/mol. The number of alkyl halides is 3. The van der Waals surface area contributed by atoms with Crippen LogP contribution in [-0.4, -0.2) is 10.8 Å². The van der Waals surface area contributed by atoms with Gasteiger partial charge < -0.3 is 0 Å². The van der Waals surface area contributed by atoms with Crippen molar-refractivity contribution in [1.82, 2.24) is 4.98 Å². The van der Waals surface area contributed by atoms with Gasteiger partial charge in [0, 0.05) is 11.1 Å². The Morgan fingerprint density at radius 1 is 0.788 bits per heavy atom. The van der Waals surface area contributed by atoms with Gasteiger partial charge in [-0.1, -0.05) is 78.9 Å². The Hall–Kier alpha value is -3.99. The summed E-state index contributed by atoms with van der Waals surface area (Å²) < 4.78 is 38.3. The number of benzene rings is 3. The van der Waals surface area contributed by atoms with Crippen molar-refractivity contribution in [3.05, 3.63) is 118 Å². The Balaban J connectivity index is 1.73. The van der Waals surface area contributed by atoms with Crippen LogP contribution in [0.2, 0.25) is 0 Å². The summed E-state index contributed by atoms with van der Waals surface area (Å²) in [6, 6.07) is 22.0. The molecule has 1 heterocycles. The zero-order valence-electron chi connectivity index (χ0n) is 17.8. The molecule has 0 unspecified atom stereocenters. The monoisotopic (exact) mass is 443 g/mol.